The molecule has 0 aromatic carbocycles. The molecule has 0 spiro atoms. The van der Waals surface area contributed by atoms with Crippen molar-refractivity contribution < 1.29 is 4.79 Å². The van der Waals surface area contributed by atoms with Crippen molar-refractivity contribution in [2.45, 2.75) is 26.2 Å². The van der Waals surface area contributed by atoms with Crippen LogP contribution < -0.4 is 0 Å². The number of nitriles is 1. The molecule has 2 atom stereocenters. The second kappa shape index (κ2) is 4.06. The van der Waals surface area contributed by atoms with Crippen molar-refractivity contribution in [2.24, 2.45) is 11.8 Å². The van der Waals surface area contributed by atoms with Crippen LogP contribution in [-0.4, -0.2) is 5.78 Å². The highest BCUT2D eigenvalue weighted by Crippen LogP contribution is 2.27. The summed E-state index contributed by atoms with van der Waals surface area (Å²) < 4.78 is 0. The summed E-state index contributed by atoms with van der Waals surface area (Å²) in [7, 11) is 0. The normalized spacial score (nSPS) is 28.0. The maximum atomic E-state index is 11.1. The molecule has 0 saturated carbocycles. The lowest BCUT2D eigenvalue weighted by Gasteiger charge is -2.22. The molecule has 2 heteroatoms. The van der Waals surface area contributed by atoms with E-state index in [4.69, 9.17) is 5.26 Å². The van der Waals surface area contributed by atoms with Gasteiger partial charge in [0.1, 0.15) is 5.78 Å². The second-order valence-electron chi connectivity index (χ2n) is 3.25. The van der Waals surface area contributed by atoms with Crippen molar-refractivity contribution in [3.05, 3.63) is 12.2 Å². The zero-order valence-corrected chi connectivity index (χ0v) is 7.29. The van der Waals surface area contributed by atoms with Crippen molar-refractivity contribution in [1.29, 1.82) is 5.26 Å². The lowest BCUT2D eigenvalue weighted by Crippen LogP contribution is -2.22. The summed E-state index contributed by atoms with van der Waals surface area (Å²) in [5.41, 5.74) is 0. The van der Waals surface area contributed by atoms with Crippen molar-refractivity contribution in [3.63, 3.8) is 0 Å². The van der Waals surface area contributed by atoms with Gasteiger partial charge in [-0.1, -0.05) is 12.2 Å². The predicted octanol–water partition coefficient (Wildman–Crippen LogP) is 2.07. The number of carbonyl (C=O) groups is 1. The van der Waals surface area contributed by atoms with Gasteiger partial charge in [-0.25, -0.2) is 0 Å². The Balaban J connectivity index is 2.66. The fourth-order valence-electron chi connectivity index (χ4n) is 1.72. The Bertz CT molecular complexity index is 237. The van der Waals surface area contributed by atoms with E-state index in [0.29, 0.717) is 6.42 Å². The Kier molecular flexibility index (Phi) is 3.04. The molecular weight excluding hydrogens is 150 g/mol. The number of allylic oxidation sites excluding steroid dienone is 2. The number of rotatable bonds is 2. The summed E-state index contributed by atoms with van der Waals surface area (Å²) in [4.78, 5) is 11.1. The average Bonchev–Trinajstić information content (AvgIpc) is 2.05. The number of carbonyl (C=O) groups excluding carboxylic acids is 1. The first kappa shape index (κ1) is 8.99. The number of Topliss-reactive ketones (excluding diaryl/α,β-unsaturated/α-hetero) is 1. The summed E-state index contributed by atoms with van der Waals surface area (Å²) in [6.07, 6.45) is 6.45. The van der Waals surface area contributed by atoms with Crippen LogP contribution in [0.5, 0.6) is 0 Å². The van der Waals surface area contributed by atoms with Crippen molar-refractivity contribution in [3.8, 4) is 6.07 Å². The highest BCUT2D eigenvalue weighted by molar-refractivity contribution is 5.79. The smallest absolute Gasteiger partial charge is 0.133 e. The van der Waals surface area contributed by atoms with Crippen LogP contribution in [0.4, 0.5) is 0 Å². The van der Waals surface area contributed by atoms with Gasteiger partial charge in [-0.2, -0.15) is 5.26 Å². The molecule has 0 aromatic heterocycles. The lowest BCUT2D eigenvalue weighted by molar-refractivity contribution is -0.122. The van der Waals surface area contributed by atoms with Gasteiger partial charge in [-0.05, 0) is 25.7 Å². The van der Waals surface area contributed by atoms with Gasteiger partial charge < -0.3 is 0 Å². The van der Waals surface area contributed by atoms with Gasteiger partial charge in [-0.15, -0.1) is 0 Å². The molecule has 0 bridgehead atoms. The minimum atomic E-state index is 0.0923. The van der Waals surface area contributed by atoms with E-state index in [1.807, 2.05) is 6.08 Å². The summed E-state index contributed by atoms with van der Waals surface area (Å²) >= 11 is 0. The van der Waals surface area contributed by atoms with Gasteiger partial charge in [0.25, 0.3) is 0 Å². The molecule has 0 aromatic rings. The van der Waals surface area contributed by atoms with Gasteiger partial charge in [0.05, 0.1) is 6.07 Å². The summed E-state index contributed by atoms with van der Waals surface area (Å²) in [5, 5.41) is 8.52. The van der Waals surface area contributed by atoms with E-state index >= 15 is 0 Å². The molecule has 1 aliphatic carbocycles. The van der Waals surface area contributed by atoms with E-state index in [0.717, 1.165) is 12.8 Å². The van der Waals surface area contributed by atoms with Crippen LogP contribution in [0.3, 0.4) is 0 Å². The van der Waals surface area contributed by atoms with E-state index in [2.05, 4.69) is 12.1 Å². The summed E-state index contributed by atoms with van der Waals surface area (Å²) in [6, 6.07) is 2.12. The molecule has 0 aliphatic heterocycles. The first-order chi connectivity index (χ1) is 5.75. The first-order valence-electron chi connectivity index (χ1n) is 4.29. The zero-order valence-electron chi connectivity index (χ0n) is 7.29. The molecule has 0 fully saturated rings. The average molecular weight is 163 g/mol. The Morgan fingerprint density at radius 3 is 3.08 bits per heavy atom. The van der Waals surface area contributed by atoms with Crippen LogP contribution >= 0.6 is 0 Å². The highest BCUT2D eigenvalue weighted by Gasteiger charge is 2.24. The topological polar surface area (TPSA) is 40.9 Å². The summed E-state index contributed by atoms with van der Waals surface area (Å²) in [6.45, 7) is 1.62. The largest absolute Gasteiger partial charge is 0.300 e. The molecule has 0 amide bonds. The van der Waals surface area contributed by atoms with Gasteiger partial charge in [0.2, 0.25) is 0 Å². The number of nitrogens with zero attached hydrogens (tertiary/aromatic N) is 1. The van der Waals surface area contributed by atoms with E-state index in [1.165, 1.54) is 0 Å². The molecule has 0 radical (unpaired) electrons. The van der Waals surface area contributed by atoms with Crippen molar-refractivity contribution in [1.82, 2.24) is 0 Å². The molecule has 1 rings (SSSR count). The van der Waals surface area contributed by atoms with Crippen LogP contribution in [0.1, 0.15) is 26.2 Å². The number of hydrogen-bond acceptors (Lipinski definition) is 2. The van der Waals surface area contributed by atoms with Gasteiger partial charge >= 0.3 is 0 Å². The van der Waals surface area contributed by atoms with Crippen LogP contribution in [-0.2, 0) is 4.79 Å². The molecule has 0 heterocycles. The van der Waals surface area contributed by atoms with Crippen LogP contribution in [0, 0.1) is 23.2 Å². The third-order valence-electron chi connectivity index (χ3n) is 2.39. The lowest BCUT2D eigenvalue weighted by atomic mass is 9.80. The van der Waals surface area contributed by atoms with E-state index in [1.54, 1.807) is 6.92 Å². The van der Waals surface area contributed by atoms with Gasteiger partial charge in [0.15, 0.2) is 0 Å². The molecular formula is C10H13NO. The quantitative estimate of drug-likeness (QED) is 0.585. The monoisotopic (exact) mass is 163 g/mol. The minimum absolute atomic E-state index is 0.0923. The first-order valence-corrected chi connectivity index (χ1v) is 4.29. The Morgan fingerprint density at radius 2 is 2.50 bits per heavy atom. The molecule has 2 nitrogen and oxygen atoms in total. The fourth-order valence-corrected chi connectivity index (χ4v) is 1.72. The van der Waals surface area contributed by atoms with Gasteiger partial charge in [0, 0.05) is 12.3 Å². The minimum Gasteiger partial charge on any atom is -0.300 e. The van der Waals surface area contributed by atoms with E-state index < -0.39 is 0 Å². The van der Waals surface area contributed by atoms with E-state index in [9.17, 15) is 4.79 Å². The Morgan fingerprint density at radius 1 is 1.75 bits per heavy atom. The highest BCUT2D eigenvalue weighted by atomic mass is 16.1. The molecule has 0 saturated heterocycles. The molecule has 64 valence electrons. The molecule has 0 N–H and O–H groups in total. The van der Waals surface area contributed by atoms with Crippen molar-refractivity contribution >= 4 is 5.78 Å². The van der Waals surface area contributed by atoms with Crippen molar-refractivity contribution in [2.75, 3.05) is 0 Å². The molecule has 12 heavy (non-hydrogen) atoms. The predicted molar refractivity (Wildman–Crippen MR) is 46.3 cm³/mol. The summed E-state index contributed by atoms with van der Waals surface area (Å²) in [5.74, 6) is 0.482. The standard InChI is InChI=1S/C10H13NO/c1-8(12)10-5-3-2-4-9(10)6-7-11/h2,4,9-10H,3,5-6H2,1H3/t9-,10-/m0/s1. The van der Waals surface area contributed by atoms with Gasteiger partial charge in [-0.3, -0.25) is 4.79 Å². The Labute approximate surface area is 72.9 Å². The zero-order chi connectivity index (χ0) is 8.97. The van der Waals surface area contributed by atoms with Crippen LogP contribution in [0.25, 0.3) is 0 Å². The van der Waals surface area contributed by atoms with E-state index in [-0.39, 0.29) is 17.6 Å². The SMILES string of the molecule is CC(=O)[C@@H]1CCC=C[C@H]1CC#N. The maximum absolute atomic E-state index is 11.1. The van der Waals surface area contributed by atoms with Crippen LogP contribution in [0.2, 0.25) is 0 Å². The third-order valence-corrected chi connectivity index (χ3v) is 2.39. The molecule has 1 aliphatic rings. The third kappa shape index (κ3) is 1.94. The second-order valence-corrected chi connectivity index (χ2v) is 3.25. The van der Waals surface area contributed by atoms with Crippen LogP contribution in [0.15, 0.2) is 12.2 Å². The fraction of sp³-hybridized carbons (Fsp3) is 0.600. The number of ketones is 1. The molecule has 0 unspecified atom stereocenters. The Hall–Kier alpha value is -1.10. The number of hydrogen-bond donors (Lipinski definition) is 0. The maximum Gasteiger partial charge on any atom is 0.133 e.